The number of amides is 1. The van der Waals surface area contributed by atoms with Crippen LogP contribution in [0.2, 0.25) is 0 Å². The molecule has 0 bridgehead atoms. The van der Waals surface area contributed by atoms with Gasteiger partial charge in [-0.3, -0.25) is 9.69 Å². The minimum atomic E-state index is -0.145. The molecule has 5 nitrogen and oxygen atoms in total. The normalized spacial score (nSPS) is 16.1. The van der Waals surface area contributed by atoms with Crippen molar-refractivity contribution in [2.45, 2.75) is 33.3 Å². The van der Waals surface area contributed by atoms with Gasteiger partial charge in [-0.1, -0.05) is 37.0 Å². The van der Waals surface area contributed by atoms with Gasteiger partial charge in [-0.15, -0.1) is 0 Å². The minimum Gasteiger partial charge on any atom is -0.497 e. The first-order valence-electron chi connectivity index (χ1n) is 9.82. The van der Waals surface area contributed by atoms with Crippen LogP contribution in [0.25, 0.3) is 6.08 Å². The van der Waals surface area contributed by atoms with E-state index >= 15 is 0 Å². The van der Waals surface area contributed by atoms with Gasteiger partial charge in [0.1, 0.15) is 5.75 Å². The Labute approximate surface area is 187 Å². The molecule has 3 rings (SSSR count). The second-order valence-corrected chi connectivity index (χ2v) is 8.37. The maximum atomic E-state index is 13.0. The summed E-state index contributed by atoms with van der Waals surface area (Å²) < 4.78 is 17.4. The highest BCUT2D eigenvalue weighted by Gasteiger charge is 2.33. The Morgan fingerprint density at radius 1 is 1.13 bits per heavy atom. The van der Waals surface area contributed by atoms with Gasteiger partial charge in [0.25, 0.3) is 5.91 Å². The van der Waals surface area contributed by atoms with Crippen molar-refractivity contribution >= 4 is 46.0 Å². The highest BCUT2D eigenvalue weighted by atomic mass is 32.2. The van der Waals surface area contributed by atoms with Crippen molar-refractivity contribution in [2.24, 2.45) is 0 Å². The van der Waals surface area contributed by atoms with Crippen molar-refractivity contribution < 1.29 is 19.0 Å². The van der Waals surface area contributed by atoms with Gasteiger partial charge in [0, 0.05) is 0 Å². The third-order valence-corrected chi connectivity index (χ3v) is 5.89. The number of thiocarbonyl (C=S) groups is 1. The van der Waals surface area contributed by atoms with Gasteiger partial charge in [-0.05, 0) is 68.3 Å². The summed E-state index contributed by atoms with van der Waals surface area (Å²) in [6, 6.07) is 12.9. The van der Waals surface area contributed by atoms with E-state index in [0.717, 1.165) is 17.7 Å². The number of thioether (sulfide) groups is 1. The van der Waals surface area contributed by atoms with Crippen molar-refractivity contribution in [1.82, 2.24) is 0 Å². The summed E-state index contributed by atoms with van der Waals surface area (Å²) >= 11 is 6.74. The third kappa shape index (κ3) is 4.96. The zero-order valence-corrected chi connectivity index (χ0v) is 19.1. The summed E-state index contributed by atoms with van der Waals surface area (Å²) in [5, 5.41) is 0. The molecule has 1 saturated heterocycles. The zero-order valence-electron chi connectivity index (χ0n) is 17.5. The lowest BCUT2D eigenvalue weighted by Gasteiger charge is -2.16. The minimum absolute atomic E-state index is 0.0933. The number of hydrogen-bond acceptors (Lipinski definition) is 6. The Hall–Kier alpha value is -2.51. The smallest absolute Gasteiger partial charge is 0.270 e. The standard InChI is InChI=1S/C23H25NO4S2/c1-5-15(3)28-19-12-7-16(13-20(19)27-6-2)14-21-22(25)24(23(29)30-21)17-8-10-18(26-4)11-9-17/h7-15H,5-6H2,1-4H3/b21-14-/t15-/m0/s1. The Bertz CT molecular complexity index is 956. The lowest BCUT2D eigenvalue weighted by molar-refractivity contribution is -0.113. The summed E-state index contributed by atoms with van der Waals surface area (Å²) in [5.41, 5.74) is 1.57. The molecule has 0 aromatic heterocycles. The first-order chi connectivity index (χ1) is 14.5. The predicted molar refractivity (Wildman–Crippen MR) is 127 cm³/mol. The SMILES string of the molecule is CCOc1cc(/C=C2\SC(=S)N(c3ccc(OC)cc3)C2=O)ccc1O[C@@H](C)CC. The Balaban J connectivity index is 1.86. The van der Waals surface area contributed by atoms with Gasteiger partial charge in [0.2, 0.25) is 0 Å². The number of anilines is 1. The van der Waals surface area contributed by atoms with Gasteiger partial charge in [0.05, 0.1) is 30.4 Å². The topological polar surface area (TPSA) is 48.0 Å². The maximum absolute atomic E-state index is 13.0. The van der Waals surface area contributed by atoms with Crippen LogP contribution in [0.3, 0.4) is 0 Å². The largest absolute Gasteiger partial charge is 0.497 e. The fourth-order valence-electron chi connectivity index (χ4n) is 2.85. The second-order valence-electron chi connectivity index (χ2n) is 6.69. The van der Waals surface area contributed by atoms with E-state index in [1.807, 2.05) is 62.4 Å². The second kappa shape index (κ2) is 10.00. The van der Waals surface area contributed by atoms with Gasteiger partial charge >= 0.3 is 0 Å². The first-order valence-corrected chi connectivity index (χ1v) is 11.0. The number of nitrogens with zero attached hydrogens (tertiary/aromatic N) is 1. The monoisotopic (exact) mass is 443 g/mol. The van der Waals surface area contributed by atoms with Gasteiger partial charge in [-0.2, -0.15) is 0 Å². The number of methoxy groups -OCH3 is 1. The molecule has 1 heterocycles. The number of benzene rings is 2. The molecule has 30 heavy (non-hydrogen) atoms. The molecule has 0 saturated carbocycles. The first kappa shape index (κ1) is 22.2. The summed E-state index contributed by atoms with van der Waals surface area (Å²) in [5.74, 6) is 1.95. The molecule has 0 N–H and O–H groups in total. The molecular formula is C23H25NO4S2. The van der Waals surface area contributed by atoms with Crippen LogP contribution in [0.15, 0.2) is 47.4 Å². The van der Waals surface area contributed by atoms with Crippen LogP contribution >= 0.6 is 24.0 Å². The van der Waals surface area contributed by atoms with Crippen LogP contribution in [0.1, 0.15) is 32.8 Å². The lowest BCUT2D eigenvalue weighted by atomic mass is 10.1. The quantitative estimate of drug-likeness (QED) is 0.387. The van der Waals surface area contributed by atoms with Crippen LogP contribution in [0, 0.1) is 0 Å². The predicted octanol–water partition coefficient (Wildman–Crippen LogP) is 5.68. The molecule has 1 aliphatic heterocycles. The van der Waals surface area contributed by atoms with E-state index in [0.29, 0.717) is 33.0 Å². The Morgan fingerprint density at radius 3 is 2.50 bits per heavy atom. The molecular weight excluding hydrogens is 418 g/mol. The Morgan fingerprint density at radius 2 is 1.87 bits per heavy atom. The molecule has 2 aromatic rings. The van der Waals surface area contributed by atoms with Crippen LogP contribution in [-0.4, -0.2) is 30.0 Å². The molecule has 0 aliphatic carbocycles. The number of carbonyl (C=O) groups excluding carboxylic acids is 1. The average molecular weight is 444 g/mol. The summed E-state index contributed by atoms with van der Waals surface area (Å²) in [7, 11) is 1.60. The molecule has 0 radical (unpaired) electrons. The molecule has 2 aromatic carbocycles. The number of ether oxygens (including phenoxy) is 3. The van der Waals surface area contributed by atoms with Crippen LogP contribution in [0.4, 0.5) is 5.69 Å². The van der Waals surface area contributed by atoms with E-state index < -0.39 is 0 Å². The van der Waals surface area contributed by atoms with E-state index in [-0.39, 0.29) is 12.0 Å². The molecule has 1 fully saturated rings. The van der Waals surface area contributed by atoms with E-state index in [9.17, 15) is 4.79 Å². The maximum Gasteiger partial charge on any atom is 0.270 e. The highest BCUT2D eigenvalue weighted by molar-refractivity contribution is 8.27. The average Bonchev–Trinajstić information content (AvgIpc) is 3.03. The van der Waals surface area contributed by atoms with Crippen molar-refractivity contribution in [3.8, 4) is 17.2 Å². The molecule has 1 atom stereocenters. The molecule has 7 heteroatoms. The molecule has 0 unspecified atom stereocenters. The highest BCUT2D eigenvalue weighted by Crippen LogP contribution is 2.38. The molecule has 158 valence electrons. The number of carbonyl (C=O) groups is 1. The van der Waals surface area contributed by atoms with E-state index in [2.05, 4.69) is 6.92 Å². The van der Waals surface area contributed by atoms with Gasteiger partial charge in [-0.25, -0.2) is 0 Å². The lowest BCUT2D eigenvalue weighted by Crippen LogP contribution is -2.27. The van der Waals surface area contributed by atoms with Crippen LogP contribution in [0.5, 0.6) is 17.2 Å². The summed E-state index contributed by atoms with van der Waals surface area (Å²) in [4.78, 5) is 15.1. The fraction of sp³-hybridized carbons (Fsp3) is 0.304. The van der Waals surface area contributed by atoms with Gasteiger partial charge in [0.15, 0.2) is 15.8 Å². The molecule has 0 spiro atoms. The van der Waals surface area contributed by atoms with Crippen molar-refractivity contribution in [3.63, 3.8) is 0 Å². The summed E-state index contributed by atoms with van der Waals surface area (Å²) in [6.07, 6.45) is 2.83. The third-order valence-electron chi connectivity index (χ3n) is 4.59. The molecule has 1 aliphatic rings. The molecule has 1 amide bonds. The van der Waals surface area contributed by atoms with E-state index in [1.165, 1.54) is 16.7 Å². The van der Waals surface area contributed by atoms with Crippen molar-refractivity contribution in [1.29, 1.82) is 0 Å². The Kier molecular flexibility index (Phi) is 7.39. The van der Waals surface area contributed by atoms with Crippen molar-refractivity contribution in [2.75, 3.05) is 18.6 Å². The van der Waals surface area contributed by atoms with Crippen LogP contribution in [-0.2, 0) is 4.79 Å². The zero-order chi connectivity index (χ0) is 21.7. The summed E-state index contributed by atoms with van der Waals surface area (Å²) in [6.45, 7) is 6.55. The number of hydrogen-bond donors (Lipinski definition) is 0. The fourth-order valence-corrected chi connectivity index (χ4v) is 4.15. The van der Waals surface area contributed by atoms with Crippen LogP contribution < -0.4 is 19.1 Å². The van der Waals surface area contributed by atoms with E-state index in [1.54, 1.807) is 7.11 Å². The van der Waals surface area contributed by atoms with Gasteiger partial charge < -0.3 is 14.2 Å². The van der Waals surface area contributed by atoms with Crippen molar-refractivity contribution in [3.05, 3.63) is 52.9 Å². The number of rotatable bonds is 8. The van der Waals surface area contributed by atoms with E-state index in [4.69, 9.17) is 26.4 Å².